The first-order chi connectivity index (χ1) is 19.8. The molecule has 0 amide bonds. The van der Waals surface area contributed by atoms with Gasteiger partial charge in [-0.1, -0.05) is 63.7 Å². The number of allylic oxidation sites excluding steroid dienone is 1. The molecule has 10 heteroatoms. The van der Waals surface area contributed by atoms with E-state index in [4.69, 9.17) is 14.2 Å². The molecule has 1 atom stereocenters. The van der Waals surface area contributed by atoms with Crippen molar-refractivity contribution >= 4 is 55.2 Å². The van der Waals surface area contributed by atoms with E-state index in [0.717, 1.165) is 21.2 Å². The molecule has 1 aliphatic heterocycles. The highest BCUT2D eigenvalue weighted by atomic mass is 79.9. The van der Waals surface area contributed by atoms with Gasteiger partial charge in [-0.2, -0.15) is 0 Å². The number of ether oxygens (including phenoxy) is 3. The molecule has 0 spiro atoms. The van der Waals surface area contributed by atoms with Gasteiger partial charge in [0.2, 0.25) is 0 Å². The molecule has 0 radical (unpaired) electrons. The van der Waals surface area contributed by atoms with E-state index in [1.54, 1.807) is 37.7 Å². The second-order valence-electron chi connectivity index (χ2n) is 9.15. The SMILES string of the molecule is CCOC(=O)C1=C(C)N=c2s/c(=C/c3cc(Br)ccc3OCc3ccccc3)c(=O)n2[C@@H]1c1ccc(OC)c(Br)c1. The average molecular weight is 698 g/mol. The number of benzene rings is 3. The summed E-state index contributed by atoms with van der Waals surface area (Å²) >= 11 is 8.34. The van der Waals surface area contributed by atoms with Crippen molar-refractivity contribution in [2.45, 2.75) is 26.5 Å². The second-order valence-corrected chi connectivity index (χ2v) is 11.9. The summed E-state index contributed by atoms with van der Waals surface area (Å²) in [5, 5.41) is 0. The molecule has 0 saturated carbocycles. The summed E-state index contributed by atoms with van der Waals surface area (Å²) in [5.41, 5.74) is 3.05. The molecule has 1 aliphatic rings. The smallest absolute Gasteiger partial charge is 0.338 e. The Morgan fingerprint density at radius 1 is 1.07 bits per heavy atom. The van der Waals surface area contributed by atoms with Crippen molar-refractivity contribution in [1.29, 1.82) is 0 Å². The number of thiazole rings is 1. The van der Waals surface area contributed by atoms with Gasteiger partial charge in [0.05, 0.1) is 40.0 Å². The normalized spacial score (nSPS) is 14.9. The highest BCUT2D eigenvalue weighted by molar-refractivity contribution is 9.10. The molecule has 0 fully saturated rings. The molecule has 5 rings (SSSR count). The van der Waals surface area contributed by atoms with E-state index in [2.05, 4.69) is 36.9 Å². The minimum atomic E-state index is -0.731. The Kier molecular flexibility index (Phi) is 8.91. The maximum Gasteiger partial charge on any atom is 0.338 e. The van der Waals surface area contributed by atoms with E-state index in [1.807, 2.05) is 60.7 Å². The minimum absolute atomic E-state index is 0.202. The number of aromatic nitrogens is 1. The molecule has 41 heavy (non-hydrogen) atoms. The molecular weight excluding hydrogens is 672 g/mol. The summed E-state index contributed by atoms with van der Waals surface area (Å²) in [6.45, 7) is 4.10. The van der Waals surface area contributed by atoms with Crippen LogP contribution in [0.25, 0.3) is 6.08 Å². The fourth-order valence-corrected chi connectivity index (χ4v) is 6.57. The summed E-state index contributed by atoms with van der Waals surface area (Å²) in [7, 11) is 1.58. The van der Waals surface area contributed by atoms with Crippen LogP contribution in [0.3, 0.4) is 0 Å². The van der Waals surface area contributed by atoms with Gasteiger partial charge >= 0.3 is 5.97 Å². The third-order valence-electron chi connectivity index (χ3n) is 6.50. The Hall–Kier alpha value is -3.47. The summed E-state index contributed by atoms with van der Waals surface area (Å²) in [4.78, 5) is 32.4. The van der Waals surface area contributed by atoms with Crippen LogP contribution in [0.5, 0.6) is 11.5 Å². The number of rotatable bonds is 8. The number of carbonyl (C=O) groups excluding carboxylic acids is 1. The first-order valence-electron chi connectivity index (χ1n) is 12.8. The zero-order chi connectivity index (χ0) is 29.1. The van der Waals surface area contributed by atoms with Gasteiger partial charge in [0.15, 0.2) is 4.80 Å². The third-order valence-corrected chi connectivity index (χ3v) is 8.60. The molecule has 2 heterocycles. The number of methoxy groups -OCH3 is 1. The topological polar surface area (TPSA) is 79.1 Å². The van der Waals surface area contributed by atoms with Crippen molar-refractivity contribution in [2.24, 2.45) is 4.99 Å². The first-order valence-corrected chi connectivity index (χ1v) is 15.2. The monoisotopic (exact) mass is 696 g/mol. The van der Waals surface area contributed by atoms with E-state index in [0.29, 0.717) is 43.2 Å². The molecular formula is C31H26Br2N2O5S. The van der Waals surface area contributed by atoms with Crippen LogP contribution in [0.4, 0.5) is 0 Å². The Bertz CT molecular complexity index is 1830. The molecule has 1 aromatic heterocycles. The first kappa shape index (κ1) is 29.0. The maximum atomic E-state index is 14.0. The number of halogens is 2. The van der Waals surface area contributed by atoms with Crippen molar-refractivity contribution < 1.29 is 19.0 Å². The van der Waals surface area contributed by atoms with Crippen LogP contribution in [0.2, 0.25) is 0 Å². The van der Waals surface area contributed by atoms with Crippen molar-refractivity contribution in [3.63, 3.8) is 0 Å². The standard InChI is InChI=1S/C31H26Br2N2O5S/c1-4-39-30(37)27-18(2)34-31-35(28(27)20-10-12-25(38-3)23(33)15-20)29(36)26(41-31)16-21-14-22(32)11-13-24(21)40-17-19-8-6-5-7-9-19/h5-16,28H,4,17H2,1-3H3/b26-16+/t28-/m1/s1. The molecule has 0 aliphatic carbocycles. The molecule has 0 N–H and O–H groups in total. The van der Waals surface area contributed by atoms with Crippen LogP contribution in [0.15, 0.2) is 96.7 Å². The summed E-state index contributed by atoms with van der Waals surface area (Å²) in [6, 6.07) is 20.3. The number of hydrogen-bond acceptors (Lipinski definition) is 7. The molecule has 4 aromatic rings. The van der Waals surface area contributed by atoms with Crippen LogP contribution < -0.4 is 24.4 Å². The molecule has 7 nitrogen and oxygen atoms in total. The minimum Gasteiger partial charge on any atom is -0.496 e. The average Bonchev–Trinajstić information content (AvgIpc) is 3.26. The van der Waals surface area contributed by atoms with E-state index in [-0.39, 0.29) is 12.2 Å². The van der Waals surface area contributed by atoms with E-state index in [1.165, 1.54) is 11.3 Å². The Morgan fingerprint density at radius 2 is 1.83 bits per heavy atom. The molecule has 0 saturated heterocycles. The third kappa shape index (κ3) is 6.10. The lowest BCUT2D eigenvalue weighted by molar-refractivity contribution is -0.139. The Balaban J connectivity index is 1.64. The summed E-state index contributed by atoms with van der Waals surface area (Å²) in [6.07, 6.45) is 1.80. The highest BCUT2D eigenvalue weighted by Gasteiger charge is 2.33. The van der Waals surface area contributed by atoms with Gasteiger partial charge in [0.25, 0.3) is 5.56 Å². The largest absolute Gasteiger partial charge is 0.496 e. The van der Waals surface area contributed by atoms with Crippen LogP contribution in [0, 0.1) is 0 Å². The lowest BCUT2D eigenvalue weighted by atomic mass is 9.96. The fourth-order valence-electron chi connectivity index (χ4n) is 4.60. The van der Waals surface area contributed by atoms with E-state index in [9.17, 15) is 9.59 Å². The van der Waals surface area contributed by atoms with Crippen molar-refractivity contribution in [1.82, 2.24) is 4.57 Å². The highest BCUT2D eigenvalue weighted by Crippen LogP contribution is 2.35. The summed E-state index contributed by atoms with van der Waals surface area (Å²) in [5.74, 6) is 0.766. The van der Waals surface area contributed by atoms with Gasteiger partial charge < -0.3 is 14.2 Å². The molecule has 210 valence electrons. The molecule has 0 unspecified atom stereocenters. The second kappa shape index (κ2) is 12.6. The lowest BCUT2D eigenvalue weighted by Gasteiger charge is -2.25. The number of esters is 1. The number of hydrogen-bond donors (Lipinski definition) is 0. The van der Waals surface area contributed by atoms with Gasteiger partial charge in [-0.3, -0.25) is 9.36 Å². The van der Waals surface area contributed by atoms with Gasteiger partial charge in [-0.05, 0) is 77.3 Å². The van der Waals surface area contributed by atoms with Crippen LogP contribution in [-0.2, 0) is 16.1 Å². The Labute approximate surface area is 257 Å². The van der Waals surface area contributed by atoms with Crippen molar-refractivity contribution in [3.05, 3.63) is 123 Å². The zero-order valence-electron chi connectivity index (χ0n) is 22.5. The van der Waals surface area contributed by atoms with Gasteiger partial charge in [-0.25, -0.2) is 9.79 Å². The quantitative estimate of drug-likeness (QED) is 0.214. The van der Waals surface area contributed by atoms with Gasteiger partial charge in [-0.15, -0.1) is 0 Å². The van der Waals surface area contributed by atoms with Crippen molar-refractivity contribution in [2.75, 3.05) is 13.7 Å². The maximum absolute atomic E-state index is 14.0. The van der Waals surface area contributed by atoms with E-state index >= 15 is 0 Å². The fraction of sp³-hybridized carbons (Fsp3) is 0.194. The number of carbonyl (C=O) groups is 1. The molecule has 3 aromatic carbocycles. The predicted octanol–water partition coefficient (Wildman–Crippen LogP) is 5.91. The van der Waals surface area contributed by atoms with Crippen molar-refractivity contribution in [3.8, 4) is 11.5 Å². The lowest BCUT2D eigenvalue weighted by Crippen LogP contribution is -2.40. The number of fused-ring (bicyclic) bond motifs is 1. The van der Waals surface area contributed by atoms with Crippen LogP contribution >= 0.6 is 43.2 Å². The van der Waals surface area contributed by atoms with Gasteiger partial charge in [0, 0.05) is 10.0 Å². The van der Waals surface area contributed by atoms with Crippen LogP contribution in [0.1, 0.15) is 36.6 Å². The van der Waals surface area contributed by atoms with Crippen LogP contribution in [-0.4, -0.2) is 24.3 Å². The summed E-state index contributed by atoms with van der Waals surface area (Å²) < 4.78 is 20.5. The van der Waals surface area contributed by atoms with E-state index < -0.39 is 12.0 Å². The van der Waals surface area contributed by atoms with Gasteiger partial charge in [0.1, 0.15) is 18.1 Å². The predicted molar refractivity (Wildman–Crippen MR) is 166 cm³/mol. The molecule has 0 bridgehead atoms. The number of nitrogens with zero attached hydrogens (tertiary/aromatic N) is 2. The zero-order valence-corrected chi connectivity index (χ0v) is 26.5. The Morgan fingerprint density at radius 3 is 2.54 bits per heavy atom.